The molecule has 0 spiro atoms. The van der Waals surface area contributed by atoms with Crippen molar-refractivity contribution in [1.29, 1.82) is 0 Å². The van der Waals surface area contributed by atoms with Crippen LogP contribution in [0.15, 0.2) is 54.1 Å². The first kappa shape index (κ1) is 13.2. The standard InChI is InChI=1S/C19H18/c1-15(2)13-19-10-5-4-9-18(19)12-11-17-8-6-7-16(3)14-17/h4-10,13-14H,1-3H3. The van der Waals surface area contributed by atoms with Crippen molar-refractivity contribution in [2.45, 2.75) is 20.8 Å². The van der Waals surface area contributed by atoms with Crippen LogP contribution in [0.2, 0.25) is 0 Å². The maximum atomic E-state index is 3.27. The summed E-state index contributed by atoms with van der Waals surface area (Å²) in [4.78, 5) is 0. The minimum atomic E-state index is 1.06. The Labute approximate surface area is 115 Å². The summed E-state index contributed by atoms with van der Waals surface area (Å²) in [6, 6.07) is 16.5. The summed E-state index contributed by atoms with van der Waals surface area (Å²) in [6.07, 6.45) is 2.17. The predicted molar refractivity (Wildman–Crippen MR) is 82.9 cm³/mol. The Kier molecular flexibility index (Phi) is 4.21. The molecule has 0 aromatic heterocycles. The van der Waals surface area contributed by atoms with Crippen molar-refractivity contribution in [3.8, 4) is 11.8 Å². The van der Waals surface area contributed by atoms with Gasteiger partial charge in [0.15, 0.2) is 0 Å². The van der Waals surface area contributed by atoms with Crippen LogP contribution < -0.4 is 0 Å². The lowest BCUT2D eigenvalue weighted by molar-refractivity contribution is 1.42. The normalized spacial score (nSPS) is 9.42. The predicted octanol–water partition coefficient (Wildman–Crippen LogP) is 4.82. The van der Waals surface area contributed by atoms with Crippen molar-refractivity contribution in [3.63, 3.8) is 0 Å². The summed E-state index contributed by atoms with van der Waals surface area (Å²) >= 11 is 0. The molecule has 0 radical (unpaired) electrons. The Morgan fingerprint density at radius 1 is 0.947 bits per heavy atom. The fraction of sp³-hybridized carbons (Fsp3) is 0.158. The van der Waals surface area contributed by atoms with Gasteiger partial charge in [-0.1, -0.05) is 53.8 Å². The van der Waals surface area contributed by atoms with E-state index in [2.05, 4.69) is 63.0 Å². The number of hydrogen-bond acceptors (Lipinski definition) is 0. The van der Waals surface area contributed by atoms with Crippen LogP contribution in [0.4, 0.5) is 0 Å². The summed E-state index contributed by atoms with van der Waals surface area (Å²) in [5.41, 5.74) is 5.84. The van der Waals surface area contributed by atoms with Gasteiger partial charge in [-0.2, -0.15) is 0 Å². The second-order valence-corrected chi connectivity index (χ2v) is 4.93. The maximum absolute atomic E-state index is 3.27. The molecular formula is C19H18. The summed E-state index contributed by atoms with van der Waals surface area (Å²) in [6.45, 7) is 6.29. The third kappa shape index (κ3) is 3.86. The zero-order valence-electron chi connectivity index (χ0n) is 11.7. The number of aryl methyl sites for hydroxylation is 1. The lowest BCUT2D eigenvalue weighted by Gasteiger charge is -1.99. The first-order valence-electron chi connectivity index (χ1n) is 6.48. The average molecular weight is 246 g/mol. The molecule has 2 rings (SSSR count). The smallest absolute Gasteiger partial charge is 0.0321 e. The highest BCUT2D eigenvalue weighted by Gasteiger charge is 1.95. The van der Waals surface area contributed by atoms with Crippen molar-refractivity contribution in [3.05, 3.63) is 76.4 Å². The van der Waals surface area contributed by atoms with Crippen LogP contribution in [-0.2, 0) is 0 Å². The monoisotopic (exact) mass is 246 g/mol. The molecule has 94 valence electrons. The Balaban J connectivity index is 2.37. The zero-order valence-corrected chi connectivity index (χ0v) is 11.7. The van der Waals surface area contributed by atoms with Crippen LogP contribution in [0.25, 0.3) is 6.08 Å². The Bertz CT molecular complexity index is 660. The summed E-state index contributed by atoms with van der Waals surface area (Å²) in [5, 5.41) is 0. The van der Waals surface area contributed by atoms with Gasteiger partial charge in [-0.05, 0) is 50.1 Å². The van der Waals surface area contributed by atoms with E-state index < -0.39 is 0 Å². The molecule has 0 fully saturated rings. The lowest BCUT2D eigenvalue weighted by atomic mass is 10.0. The minimum Gasteiger partial charge on any atom is -0.0758 e. The molecule has 0 heteroatoms. The SMILES string of the molecule is CC(C)=Cc1ccccc1C#Cc1cccc(C)c1. The summed E-state index contributed by atoms with van der Waals surface area (Å²) in [7, 11) is 0. The quantitative estimate of drug-likeness (QED) is 0.633. The fourth-order valence-corrected chi connectivity index (χ4v) is 1.91. The molecule has 0 N–H and O–H groups in total. The van der Waals surface area contributed by atoms with Gasteiger partial charge in [0.05, 0.1) is 0 Å². The van der Waals surface area contributed by atoms with Gasteiger partial charge >= 0.3 is 0 Å². The molecule has 0 atom stereocenters. The highest BCUT2D eigenvalue weighted by atomic mass is 14.0. The number of hydrogen-bond donors (Lipinski definition) is 0. The lowest BCUT2D eigenvalue weighted by Crippen LogP contribution is -1.83. The van der Waals surface area contributed by atoms with Crippen LogP contribution in [0.1, 0.15) is 36.1 Å². The largest absolute Gasteiger partial charge is 0.0758 e. The van der Waals surface area contributed by atoms with Gasteiger partial charge in [0.2, 0.25) is 0 Å². The Morgan fingerprint density at radius 2 is 1.74 bits per heavy atom. The molecular weight excluding hydrogens is 228 g/mol. The summed E-state index contributed by atoms with van der Waals surface area (Å²) < 4.78 is 0. The number of allylic oxidation sites excluding steroid dienone is 1. The van der Waals surface area contributed by atoms with E-state index in [0.717, 1.165) is 11.1 Å². The molecule has 0 unspecified atom stereocenters. The molecule has 19 heavy (non-hydrogen) atoms. The van der Waals surface area contributed by atoms with E-state index in [1.807, 2.05) is 24.3 Å². The van der Waals surface area contributed by atoms with Crippen LogP contribution >= 0.6 is 0 Å². The van der Waals surface area contributed by atoms with Crippen molar-refractivity contribution >= 4 is 6.08 Å². The third-order valence-electron chi connectivity index (χ3n) is 2.76. The highest BCUT2D eigenvalue weighted by Crippen LogP contribution is 2.12. The molecule has 0 saturated heterocycles. The number of benzene rings is 2. The highest BCUT2D eigenvalue weighted by molar-refractivity contribution is 5.61. The molecule has 0 nitrogen and oxygen atoms in total. The molecule has 0 aliphatic heterocycles. The van der Waals surface area contributed by atoms with Crippen molar-refractivity contribution in [1.82, 2.24) is 0 Å². The van der Waals surface area contributed by atoms with Crippen molar-refractivity contribution in [2.75, 3.05) is 0 Å². The molecule has 0 saturated carbocycles. The third-order valence-corrected chi connectivity index (χ3v) is 2.76. The van der Waals surface area contributed by atoms with Gasteiger partial charge in [-0.3, -0.25) is 0 Å². The van der Waals surface area contributed by atoms with Crippen LogP contribution in [-0.4, -0.2) is 0 Å². The molecule has 0 bridgehead atoms. The van der Waals surface area contributed by atoms with E-state index >= 15 is 0 Å². The van der Waals surface area contributed by atoms with Gasteiger partial charge < -0.3 is 0 Å². The van der Waals surface area contributed by atoms with Gasteiger partial charge in [0.25, 0.3) is 0 Å². The van der Waals surface area contributed by atoms with Crippen LogP contribution in [0.5, 0.6) is 0 Å². The Hall–Kier alpha value is -2.26. The van der Waals surface area contributed by atoms with Gasteiger partial charge in [0, 0.05) is 11.1 Å². The molecule has 0 heterocycles. The van der Waals surface area contributed by atoms with E-state index in [1.165, 1.54) is 16.7 Å². The second kappa shape index (κ2) is 6.07. The Morgan fingerprint density at radius 3 is 2.47 bits per heavy atom. The van der Waals surface area contributed by atoms with Gasteiger partial charge in [0.1, 0.15) is 0 Å². The number of rotatable bonds is 1. The first-order chi connectivity index (χ1) is 9.15. The minimum absolute atomic E-state index is 1.06. The maximum Gasteiger partial charge on any atom is 0.0321 e. The van der Waals surface area contributed by atoms with E-state index in [1.54, 1.807) is 0 Å². The zero-order chi connectivity index (χ0) is 13.7. The van der Waals surface area contributed by atoms with Crippen molar-refractivity contribution in [2.24, 2.45) is 0 Å². The van der Waals surface area contributed by atoms with Crippen LogP contribution in [0.3, 0.4) is 0 Å². The topological polar surface area (TPSA) is 0 Å². The van der Waals surface area contributed by atoms with E-state index in [-0.39, 0.29) is 0 Å². The fourth-order valence-electron chi connectivity index (χ4n) is 1.91. The molecule has 0 aliphatic carbocycles. The molecule has 0 amide bonds. The van der Waals surface area contributed by atoms with Gasteiger partial charge in [-0.15, -0.1) is 0 Å². The van der Waals surface area contributed by atoms with E-state index in [9.17, 15) is 0 Å². The average Bonchev–Trinajstić information content (AvgIpc) is 2.37. The van der Waals surface area contributed by atoms with Crippen molar-refractivity contribution < 1.29 is 0 Å². The van der Waals surface area contributed by atoms with E-state index in [0.29, 0.717) is 0 Å². The molecule has 0 aliphatic rings. The summed E-state index contributed by atoms with van der Waals surface area (Å²) in [5.74, 6) is 6.50. The first-order valence-corrected chi connectivity index (χ1v) is 6.48. The van der Waals surface area contributed by atoms with E-state index in [4.69, 9.17) is 0 Å². The van der Waals surface area contributed by atoms with Crippen LogP contribution in [0, 0.1) is 18.8 Å². The van der Waals surface area contributed by atoms with Gasteiger partial charge in [-0.25, -0.2) is 0 Å². The molecule has 2 aromatic carbocycles. The molecule has 2 aromatic rings. The second-order valence-electron chi connectivity index (χ2n) is 4.93.